The lowest BCUT2D eigenvalue weighted by molar-refractivity contribution is -0.0169. The number of ether oxygens (including phenoxy) is 2. The topological polar surface area (TPSA) is 47.7 Å². The van der Waals surface area contributed by atoms with E-state index in [1.54, 1.807) is 0 Å². The first-order chi connectivity index (χ1) is 10.1. The number of hydrogen-bond acceptors (Lipinski definition) is 4. The summed E-state index contributed by atoms with van der Waals surface area (Å²) in [5, 5.41) is 0. The van der Waals surface area contributed by atoms with Gasteiger partial charge in [0.05, 0.1) is 6.61 Å². The Bertz CT molecular complexity index is 655. The van der Waals surface area contributed by atoms with E-state index < -0.39 is 0 Å². The van der Waals surface area contributed by atoms with Gasteiger partial charge in [0, 0.05) is 36.1 Å². The number of aryl methyl sites for hydroxylation is 1. The van der Waals surface area contributed by atoms with Crippen LogP contribution >= 0.6 is 0 Å². The van der Waals surface area contributed by atoms with Gasteiger partial charge in [0.15, 0.2) is 6.79 Å². The van der Waals surface area contributed by atoms with Crippen LogP contribution in [0.1, 0.15) is 16.7 Å². The minimum atomic E-state index is 0.304. The molecule has 0 amide bonds. The maximum atomic E-state index is 5.99. The van der Waals surface area contributed by atoms with Gasteiger partial charge in [0.1, 0.15) is 5.75 Å². The average molecular weight is 284 g/mol. The van der Waals surface area contributed by atoms with Crippen LogP contribution < -0.4 is 15.4 Å². The highest BCUT2D eigenvalue weighted by Crippen LogP contribution is 2.32. The second kappa shape index (κ2) is 5.66. The molecule has 2 N–H and O–H groups in total. The van der Waals surface area contributed by atoms with Crippen molar-refractivity contribution in [2.24, 2.45) is 0 Å². The highest BCUT2D eigenvalue weighted by Gasteiger charge is 2.17. The van der Waals surface area contributed by atoms with Crippen molar-refractivity contribution in [3.8, 4) is 5.75 Å². The Morgan fingerprint density at radius 1 is 1.24 bits per heavy atom. The molecule has 0 spiro atoms. The van der Waals surface area contributed by atoms with Gasteiger partial charge in [-0.1, -0.05) is 12.1 Å². The second-order valence-corrected chi connectivity index (χ2v) is 5.47. The molecule has 3 rings (SSSR count). The van der Waals surface area contributed by atoms with Gasteiger partial charge in [0.2, 0.25) is 0 Å². The molecule has 1 heterocycles. The standard InChI is InChI=1S/C17H20N2O2/c1-12-4-3-5-16(6-12)19(2)9-13-7-15(18)8-14-10-20-11-21-17(13)14/h3-8H,9-11,18H2,1-2H3. The van der Waals surface area contributed by atoms with Crippen LogP contribution in [0.3, 0.4) is 0 Å². The van der Waals surface area contributed by atoms with Crippen molar-refractivity contribution in [3.05, 3.63) is 53.1 Å². The molecule has 0 saturated carbocycles. The molecule has 0 aliphatic carbocycles. The van der Waals surface area contributed by atoms with Gasteiger partial charge in [-0.15, -0.1) is 0 Å². The van der Waals surface area contributed by atoms with E-state index in [0.717, 1.165) is 29.1 Å². The van der Waals surface area contributed by atoms with Crippen LogP contribution in [0.15, 0.2) is 36.4 Å². The van der Waals surface area contributed by atoms with Crippen LogP contribution in [0, 0.1) is 6.92 Å². The molecule has 1 aliphatic heterocycles. The molecule has 2 aromatic rings. The molecule has 0 unspecified atom stereocenters. The number of rotatable bonds is 3. The number of nitrogen functional groups attached to an aromatic ring is 1. The summed E-state index contributed by atoms with van der Waals surface area (Å²) in [6, 6.07) is 12.3. The van der Waals surface area contributed by atoms with Gasteiger partial charge in [-0.25, -0.2) is 0 Å². The number of nitrogens with two attached hydrogens (primary N) is 1. The molecule has 110 valence electrons. The first-order valence-corrected chi connectivity index (χ1v) is 7.03. The van der Waals surface area contributed by atoms with E-state index in [-0.39, 0.29) is 0 Å². The lowest BCUT2D eigenvalue weighted by atomic mass is 10.1. The van der Waals surface area contributed by atoms with Gasteiger partial charge >= 0.3 is 0 Å². The maximum Gasteiger partial charge on any atom is 0.189 e. The van der Waals surface area contributed by atoms with Crippen molar-refractivity contribution in [1.29, 1.82) is 0 Å². The fraction of sp³-hybridized carbons (Fsp3) is 0.294. The molecule has 4 nitrogen and oxygen atoms in total. The lowest BCUT2D eigenvalue weighted by Gasteiger charge is -2.25. The Morgan fingerprint density at radius 2 is 2.10 bits per heavy atom. The molecule has 0 radical (unpaired) electrons. The fourth-order valence-electron chi connectivity index (χ4n) is 2.66. The summed E-state index contributed by atoms with van der Waals surface area (Å²) in [6.07, 6.45) is 0. The molecule has 0 saturated heterocycles. The molecule has 2 aromatic carbocycles. The van der Waals surface area contributed by atoms with Gasteiger partial charge in [-0.05, 0) is 36.8 Å². The zero-order valence-electron chi connectivity index (χ0n) is 12.4. The van der Waals surface area contributed by atoms with Crippen LogP contribution in [0.2, 0.25) is 0 Å². The summed E-state index contributed by atoms with van der Waals surface area (Å²) >= 11 is 0. The molecule has 0 atom stereocenters. The summed E-state index contributed by atoms with van der Waals surface area (Å²) in [6.45, 7) is 3.70. The minimum Gasteiger partial charge on any atom is -0.467 e. The number of anilines is 2. The molecular formula is C17H20N2O2. The molecule has 1 aliphatic rings. The summed E-state index contributed by atoms with van der Waals surface area (Å²) in [5.41, 5.74) is 11.3. The van der Waals surface area contributed by atoms with Crippen LogP contribution in [-0.2, 0) is 17.9 Å². The maximum absolute atomic E-state index is 5.99. The zero-order chi connectivity index (χ0) is 14.8. The Hall–Kier alpha value is -2.20. The predicted octanol–water partition coefficient (Wildman–Crippen LogP) is 3.08. The van der Waals surface area contributed by atoms with Crippen molar-refractivity contribution >= 4 is 11.4 Å². The summed E-state index contributed by atoms with van der Waals surface area (Å²) < 4.78 is 11.0. The van der Waals surface area contributed by atoms with Crippen LogP contribution in [0.25, 0.3) is 0 Å². The fourth-order valence-corrected chi connectivity index (χ4v) is 2.66. The van der Waals surface area contributed by atoms with E-state index in [0.29, 0.717) is 13.4 Å². The average Bonchev–Trinajstić information content (AvgIpc) is 2.47. The largest absolute Gasteiger partial charge is 0.467 e. The van der Waals surface area contributed by atoms with Crippen molar-refractivity contribution in [2.75, 3.05) is 24.5 Å². The monoisotopic (exact) mass is 284 g/mol. The third-order valence-corrected chi connectivity index (χ3v) is 3.66. The highest BCUT2D eigenvalue weighted by atomic mass is 16.7. The van der Waals surface area contributed by atoms with Crippen LogP contribution in [0.5, 0.6) is 5.75 Å². The molecular weight excluding hydrogens is 264 g/mol. The van der Waals surface area contributed by atoms with E-state index in [1.165, 1.54) is 11.3 Å². The van der Waals surface area contributed by atoms with Crippen LogP contribution in [-0.4, -0.2) is 13.8 Å². The van der Waals surface area contributed by atoms with Crippen LogP contribution in [0.4, 0.5) is 11.4 Å². The van der Waals surface area contributed by atoms with Crippen molar-refractivity contribution in [3.63, 3.8) is 0 Å². The Labute approximate surface area is 125 Å². The summed E-state index contributed by atoms with van der Waals surface area (Å²) in [7, 11) is 2.07. The third kappa shape index (κ3) is 2.95. The van der Waals surface area contributed by atoms with Gasteiger partial charge in [-0.3, -0.25) is 0 Å². The van der Waals surface area contributed by atoms with Gasteiger partial charge in [0.25, 0.3) is 0 Å². The first kappa shape index (κ1) is 13.8. The first-order valence-electron chi connectivity index (χ1n) is 7.03. The summed E-state index contributed by atoms with van der Waals surface area (Å²) in [5.74, 6) is 0.912. The predicted molar refractivity (Wildman–Crippen MR) is 84.4 cm³/mol. The number of hydrogen-bond donors (Lipinski definition) is 1. The summed E-state index contributed by atoms with van der Waals surface area (Å²) in [4.78, 5) is 2.20. The number of nitrogens with zero attached hydrogens (tertiary/aromatic N) is 1. The lowest BCUT2D eigenvalue weighted by Crippen LogP contribution is -2.20. The molecule has 21 heavy (non-hydrogen) atoms. The van der Waals surface area contributed by atoms with E-state index in [1.807, 2.05) is 12.1 Å². The van der Waals surface area contributed by atoms with Gasteiger partial charge < -0.3 is 20.1 Å². The molecule has 4 heteroatoms. The third-order valence-electron chi connectivity index (χ3n) is 3.66. The normalized spacial score (nSPS) is 13.4. The van der Waals surface area contributed by atoms with Crippen molar-refractivity contribution < 1.29 is 9.47 Å². The van der Waals surface area contributed by atoms with E-state index in [4.69, 9.17) is 15.2 Å². The zero-order valence-corrected chi connectivity index (χ0v) is 12.4. The van der Waals surface area contributed by atoms with E-state index in [2.05, 4.69) is 43.1 Å². The molecule has 0 aromatic heterocycles. The quantitative estimate of drug-likeness (QED) is 0.880. The number of benzene rings is 2. The molecule has 0 bridgehead atoms. The number of fused-ring (bicyclic) bond motifs is 1. The SMILES string of the molecule is Cc1cccc(N(C)Cc2cc(N)cc3c2OCOC3)c1. The van der Waals surface area contributed by atoms with E-state index >= 15 is 0 Å². The Kier molecular flexibility index (Phi) is 3.71. The Morgan fingerprint density at radius 3 is 2.90 bits per heavy atom. The highest BCUT2D eigenvalue weighted by molar-refractivity contribution is 5.56. The second-order valence-electron chi connectivity index (χ2n) is 5.47. The van der Waals surface area contributed by atoms with E-state index in [9.17, 15) is 0 Å². The van der Waals surface area contributed by atoms with Crippen molar-refractivity contribution in [1.82, 2.24) is 0 Å². The minimum absolute atomic E-state index is 0.304. The molecule has 0 fully saturated rings. The Balaban J connectivity index is 1.89. The van der Waals surface area contributed by atoms with Gasteiger partial charge in [-0.2, -0.15) is 0 Å². The smallest absolute Gasteiger partial charge is 0.189 e. The van der Waals surface area contributed by atoms with Crippen molar-refractivity contribution in [2.45, 2.75) is 20.1 Å².